The van der Waals surface area contributed by atoms with E-state index in [9.17, 15) is 46.9 Å². The van der Waals surface area contributed by atoms with Crippen molar-refractivity contribution in [3.8, 4) is 28.7 Å². The number of halogens is 5. The highest BCUT2D eigenvalue weighted by Gasteiger charge is 2.45. The Hall–Kier alpha value is -5.60. The van der Waals surface area contributed by atoms with Gasteiger partial charge in [-0.3, -0.25) is 9.59 Å². The van der Waals surface area contributed by atoms with E-state index >= 15 is 0 Å². The van der Waals surface area contributed by atoms with Crippen molar-refractivity contribution in [3.63, 3.8) is 0 Å². The first kappa shape index (κ1) is 50.8. The van der Waals surface area contributed by atoms with Crippen molar-refractivity contribution in [1.29, 1.82) is 5.39 Å². The molecule has 23 heteroatoms. The number of hydrogen-bond acceptors (Lipinski definition) is 12. The number of esters is 1. The van der Waals surface area contributed by atoms with Gasteiger partial charge in [-0.05, 0) is 102 Å². The molecule has 0 saturated heterocycles. The van der Waals surface area contributed by atoms with Gasteiger partial charge in [0.2, 0.25) is 28.7 Å². The lowest BCUT2D eigenvalue weighted by Crippen LogP contribution is -2.54. The van der Waals surface area contributed by atoms with Gasteiger partial charge >= 0.3 is 25.0 Å². The first-order valence-electron chi connectivity index (χ1n) is 18.7. The molecule has 0 aliphatic carbocycles. The normalized spacial score (nSPS) is 18.4. The molecular weight excluding hydrogens is 909 g/mol. The molecule has 0 saturated carbocycles. The molecule has 0 spiro atoms. The minimum atomic E-state index is -6.00. The Balaban J connectivity index is 0.00000193. The van der Waals surface area contributed by atoms with Crippen LogP contribution in [0.4, 0.5) is 27.7 Å². The molecule has 0 aromatic heterocycles. The van der Waals surface area contributed by atoms with Crippen LogP contribution in [0, 0.1) is 5.39 Å². The summed E-state index contributed by atoms with van der Waals surface area (Å²) < 4.78 is 74.0. The number of diazo groups is 1. The second-order valence-electron chi connectivity index (χ2n) is 16.2. The average Bonchev–Trinajstić information content (AvgIpc) is 3.14. The average molecular weight is 959 g/mol. The molecule has 0 radical (unpaired) electrons. The minimum Gasteiger partial charge on any atom is -0.504 e. The van der Waals surface area contributed by atoms with Crippen LogP contribution in [0.2, 0.25) is 18.1 Å². The van der Waals surface area contributed by atoms with Gasteiger partial charge in [0.1, 0.15) is 29.5 Å². The van der Waals surface area contributed by atoms with Gasteiger partial charge in [0.05, 0.1) is 25.8 Å². The van der Waals surface area contributed by atoms with Crippen LogP contribution in [-0.2, 0) is 28.3 Å². The van der Waals surface area contributed by atoms with E-state index in [2.05, 4.69) is 36.9 Å². The number of phenolic OH excluding ortho intramolecular Hbond substituents is 1. The second-order valence-corrected chi connectivity index (χ2v) is 21.8. The molecular formula is C39H49BBrF4N5O11Si. The van der Waals surface area contributed by atoms with E-state index in [1.54, 1.807) is 45.0 Å². The van der Waals surface area contributed by atoms with Gasteiger partial charge in [-0.15, -0.1) is 0 Å². The summed E-state index contributed by atoms with van der Waals surface area (Å²) in [4.78, 5) is 59.7. The largest absolute Gasteiger partial charge is 0.673 e. The van der Waals surface area contributed by atoms with Crippen LogP contribution >= 0.6 is 15.9 Å². The maximum atomic E-state index is 14.7. The van der Waals surface area contributed by atoms with Crippen molar-refractivity contribution in [2.45, 2.75) is 89.5 Å². The summed E-state index contributed by atoms with van der Waals surface area (Å²) in [5.41, 5.74) is -0.588. The number of nitrogens with one attached hydrogen (secondary N) is 3. The number of rotatable bonds is 7. The van der Waals surface area contributed by atoms with E-state index in [4.69, 9.17) is 28.1 Å². The molecule has 4 N–H and O–H groups in total. The standard InChI is InChI=1S/C39H48BrN5O11Si.BF4/c1-38(2,3)55-37(50)44-30-22-18-25(46)33(52-8)28(19-22)54-27-15-13-21(17-24(27)45-41)32(56-57(10,11)39(4,5)6)31(36(49)53-9)43-34(47)29(42-35(30)48)20-12-14-26(51-7)23(40)16-20;2-1(3,4)5/h12-19,29-32H,1-11H3,(H3-,42,43,44,46,47,48,50);/q;-1/p+1/t29-,30-,31+,32-;/m1./s1. The highest BCUT2D eigenvalue weighted by Crippen LogP contribution is 2.46. The maximum Gasteiger partial charge on any atom is 0.673 e. The van der Waals surface area contributed by atoms with Gasteiger partial charge in [-0.1, -0.05) is 32.9 Å². The van der Waals surface area contributed by atoms with Crippen molar-refractivity contribution < 1.29 is 69.7 Å². The fraction of sp³-hybridized carbons (Fsp3) is 0.436. The number of hydrogen-bond donors (Lipinski definition) is 4. The molecule has 2 heterocycles. The molecule has 62 heavy (non-hydrogen) atoms. The predicted octanol–water partition coefficient (Wildman–Crippen LogP) is 8.91. The summed E-state index contributed by atoms with van der Waals surface area (Å²) in [6.07, 6.45) is -2.23. The Morgan fingerprint density at radius 2 is 1.50 bits per heavy atom. The number of carbonyl (C=O) groups is 4. The van der Waals surface area contributed by atoms with E-state index in [0.29, 0.717) is 15.8 Å². The van der Waals surface area contributed by atoms with E-state index in [1.165, 1.54) is 38.5 Å². The lowest BCUT2D eigenvalue weighted by atomic mass is 9.98. The van der Waals surface area contributed by atoms with E-state index in [0.717, 1.165) is 7.11 Å². The van der Waals surface area contributed by atoms with E-state index in [-0.39, 0.29) is 39.1 Å². The van der Waals surface area contributed by atoms with Crippen LogP contribution in [0.5, 0.6) is 28.7 Å². The molecule has 5 rings (SSSR count). The van der Waals surface area contributed by atoms with Crippen molar-refractivity contribution >= 4 is 61.1 Å². The fourth-order valence-corrected chi connectivity index (χ4v) is 7.43. The lowest BCUT2D eigenvalue weighted by Gasteiger charge is -2.41. The van der Waals surface area contributed by atoms with Gasteiger partial charge in [-0.2, -0.15) is 0 Å². The van der Waals surface area contributed by atoms with E-state index in [1.807, 2.05) is 33.9 Å². The molecule has 0 unspecified atom stereocenters. The number of amides is 3. The molecule has 3 aromatic rings. The van der Waals surface area contributed by atoms with Crippen LogP contribution in [0.3, 0.4) is 0 Å². The Bertz CT molecular complexity index is 2190. The highest BCUT2D eigenvalue weighted by atomic mass is 79.9. The Morgan fingerprint density at radius 3 is 2.02 bits per heavy atom. The molecule has 338 valence electrons. The van der Waals surface area contributed by atoms with Crippen LogP contribution in [-0.4, -0.2) is 77.5 Å². The number of fused-ring (bicyclic) bond motifs is 9. The van der Waals surface area contributed by atoms with Gasteiger partial charge in [0.25, 0.3) is 0 Å². The minimum absolute atomic E-state index is 0.0248. The number of alkyl carbamates (subject to hydrolysis) is 1. The quantitative estimate of drug-likeness (QED) is 0.0758. The molecule has 3 aromatic carbocycles. The van der Waals surface area contributed by atoms with Gasteiger partial charge in [0, 0.05) is 6.07 Å². The first-order chi connectivity index (χ1) is 28.5. The fourth-order valence-electron chi connectivity index (χ4n) is 5.61. The molecule has 3 amide bonds. The maximum absolute atomic E-state index is 14.7. The van der Waals surface area contributed by atoms with Crippen molar-refractivity contribution in [2.24, 2.45) is 0 Å². The molecule has 0 fully saturated rings. The van der Waals surface area contributed by atoms with Crippen molar-refractivity contribution in [1.82, 2.24) is 16.0 Å². The Kier molecular flexibility index (Phi) is 16.4. The topological polar surface area (TPSA) is 208 Å². The van der Waals surface area contributed by atoms with Crippen molar-refractivity contribution in [2.75, 3.05) is 21.3 Å². The number of phenols is 1. The van der Waals surface area contributed by atoms with Crippen LogP contribution in [0.25, 0.3) is 4.98 Å². The zero-order chi connectivity index (χ0) is 47.1. The summed E-state index contributed by atoms with van der Waals surface area (Å²) >= 11 is 3.44. The summed E-state index contributed by atoms with van der Waals surface area (Å²) in [5.74, 6) is -3.08. The van der Waals surface area contributed by atoms with Gasteiger partial charge in [0.15, 0.2) is 30.8 Å². The number of methoxy groups -OCH3 is 3. The van der Waals surface area contributed by atoms with Gasteiger partial charge < -0.3 is 66.4 Å². The van der Waals surface area contributed by atoms with Crippen LogP contribution in [0.1, 0.15) is 76.4 Å². The Morgan fingerprint density at radius 1 is 0.887 bits per heavy atom. The third-order valence-electron chi connectivity index (χ3n) is 9.50. The number of ether oxygens (including phenoxy) is 5. The van der Waals surface area contributed by atoms with Crippen molar-refractivity contribution in [3.05, 3.63) is 74.7 Å². The SMILES string of the molecule is COC(=O)[C@H]1NC(=O)[C@@H](c2ccc(OC)c(Br)c2)NC(=O)[C@H](NC(=O)OC(C)(C)C)c2cc(O)c(OC)c(c2)Oc2ccc(cc2[N+]#N)[C@H]1O[Si](C)(C)C(C)(C)C.F[B-](F)(F)F. The smallest absolute Gasteiger partial charge is 0.504 e. The van der Waals surface area contributed by atoms with Crippen LogP contribution < -0.4 is 30.2 Å². The lowest BCUT2D eigenvalue weighted by molar-refractivity contribution is -0.148. The van der Waals surface area contributed by atoms with Crippen LogP contribution in [0.15, 0.2) is 53.0 Å². The zero-order valence-corrected chi connectivity index (χ0v) is 38.4. The number of aromatic hydroxyl groups is 1. The number of benzene rings is 3. The first-order valence-corrected chi connectivity index (χ1v) is 22.4. The molecule has 4 atom stereocenters. The van der Waals surface area contributed by atoms with Gasteiger partial charge in [-0.25, -0.2) is 9.59 Å². The predicted molar refractivity (Wildman–Crippen MR) is 225 cm³/mol. The molecule has 2 aliphatic rings. The molecule has 2 aliphatic heterocycles. The summed E-state index contributed by atoms with van der Waals surface area (Å²) in [5, 5.41) is 29.1. The van der Waals surface area contributed by atoms with E-state index < -0.39 is 75.0 Å². The third kappa shape index (κ3) is 13.4. The molecule has 4 bridgehead atoms. The monoisotopic (exact) mass is 957 g/mol. The summed E-state index contributed by atoms with van der Waals surface area (Å²) in [6, 6.07) is 6.89. The third-order valence-corrected chi connectivity index (χ3v) is 14.6. The highest BCUT2D eigenvalue weighted by molar-refractivity contribution is 9.10. The number of nitrogens with zero attached hydrogens (tertiary/aromatic N) is 2. The zero-order valence-electron chi connectivity index (χ0n) is 35.8. The summed E-state index contributed by atoms with van der Waals surface area (Å²) in [6.45, 7) is 14.8. The second kappa shape index (κ2) is 20.1. The Labute approximate surface area is 365 Å². The number of carbonyl (C=O) groups excluding carboxylic acids is 4. The summed E-state index contributed by atoms with van der Waals surface area (Å²) in [7, 11) is -4.88. The molecule has 16 nitrogen and oxygen atoms in total.